The predicted molar refractivity (Wildman–Crippen MR) is 88.0 cm³/mol. The van der Waals surface area contributed by atoms with Crippen molar-refractivity contribution in [2.24, 2.45) is 5.73 Å². The van der Waals surface area contributed by atoms with E-state index in [0.717, 1.165) is 36.9 Å². The lowest BCUT2D eigenvalue weighted by Gasteiger charge is -2.28. The van der Waals surface area contributed by atoms with Crippen LogP contribution in [0.2, 0.25) is 0 Å². The molecule has 0 unspecified atom stereocenters. The zero-order valence-corrected chi connectivity index (χ0v) is 13.9. The number of halogens is 1. The lowest BCUT2D eigenvalue weighted by molar-refractivity contribution is 0.413. The molecule has 0 atom stereocenters. The van der Waals surface area contributed by atoms with Crippen LogP contribution in [0.3, 0.4) is 0 Å². The van der Waals surface area contributed by atoms with Crippen molar-refractivity contribution >= 4 is 21.6 Å². The van der Waals surface area contributed by atoms with Crippen molar-refractivity contribution in [2.75, 3.05) is 45.2 Å². The second-order valence-corrected chi connectivity index (χ2v) is 6.02. The monoisotopic (exact) mass is 327 g/mol. The van der Waals surface area contributed by atoms with Gasteiger partial charge in [0, 0.05) is 29.8 Å². The maximum atomic E-state index is 5.73. The Labute approximate surface area is 125 Å². The standard InChI is InChI=1S/C15H26BrN3/c1-4-9-19(11-10-18(2)3)15-6-5-14(16)12-13(15)7-8-17/h5-6,12H,4,7-11,17H2,1-3H3. The minimum absolute atomic E-state index is 0.692. The first-order valence-corrected chi connectivity index (χ1v) is 7.76. The molecule has 19 heavy (non-hydrogen) atoms. The second kappa shape index (κ2) is 8.56. The van der Waals surface area contributed by atoms with E-state index in [2.05, 4.69) is 64.9 Å². The molecular formula is C15H26BrN3. The van der Waals surface area contributed by atoms with Crippen LogP contribution < -0.4 is 10.6 Å². The van der Waals surface area contributed by atoms with Gasteiger partial charge in [-0.3, -0.25) is 0 Å². The van der Waals surface area contributed by atoms with Gasteiger partial charge in [0.1, 0.15) is 0 Å². The first-order chi connectivity index (χ1) is 9.08. The van der Waals surface area contributed by atoms with E-state index < -0.39 is 0 Å². The van der Waals surface area contributed by atoms with Gasteiger partial charge in [-0.25, -0.2) is 0 Å². The zero-order chi connectivity index (χ0) is 14.3. The Bertz CT molecular complexity index is 380. The summed E-state index contributed by atoms with van der Waals surface area (Å²) < 4.78 is 1.13. The van der Waals surface area contributed by atoms with E-state index in [9.17, 15) is 0 Å². The van der Waals surface area contributed by atoms with Crippen LogP contribution in [0, 0.1) is 0 Å². The summed E-state index contributed by atoms with van der Waals surface area (Å²) in [6.45, 7) is 6.13. The Balaban J connectivity index is 2.92. The molecule has 2 N–H and O–H groups in total. The molecule has 0 aromatic heterocycles. The number of rotatable bonds is 8. The molecule has 1 rings (SSSR count). The molecule has 0 spiro atoms. The van der Waals surface area contributed by atoms with E-state index >= 15 is 0 Å². The molecule has 0 aliphatic rings. The van der Waals surface area contributed by atoms with Gasteiger partial charge in [-0.2, -0.15) is 0 Å². The molecule has 0 aliphatic carbocycles. The van der Waals surface area contributed by atoms with Gasteiger partial charge in [0.05, 0.1) is 0 Å². The van der Waals surface area contributed by atoms with Crippen LogP contribution in [0.15, 0.2) is 22.7 Å². The molecule has 3 nitrogen and oxygen atoms in total. The van der Waals surface area contributed by atoms with Gasteiger partial charge in [-0.15, -0.1) is 0 Å². The number of nitrogens with zero attached hydrogens (tertiary/aromatic N) is 2. The fraction of sp³-hybridized carbons (Fsp3) is 0.600. The zero-order valence-electron chi connectivity index (χ0n) is 12.3. The van der Waals surface area contributed by atoms with Crippen molar-refractivity contribution in [3.8, 4) is 0 Å². The van der Waals surface area contributed by atoms with E-state index in [1.54, 1.807) is 0 Å². The molecule has 0 fully saturated rings. The van der Waals surface area contributed by atoms with Gasteiger partial charge in [0.15, 0.2) is 0 Å². The molecule has 1 aromatic carbocycles. The first-order valence-electron chi connectivity index (χ1n) is 6.96. The highest BCUT2D eigenvalue weighted by Gasteiger charge is 2.11. The third-order valence-electron chi connectivity index (χ3n) is 3.11. The van der Waals surface area contributed by atoms with Crippen LogP contribution >= 0.6 is 15.9 Å². The quantitative estimate of drug-likeness (QED) is 0.796. The topological polar surface area (TPSA) is 32.5 Å². The number of hydrogen-bond donors (Lipinski definition) is 1. The van der Waals surface area contributed by atoms with Gasteiger partial charge >= 0.3 is 0 Å². The number of likely N-dealkylation sites (N-methyl/N-ethyl adjacent to an activating group) is 1. The molecule has 0 bridgehead atoms. The van der Waals surface area contributed by atoms with E-state index in [1.165, 1.54) is 11.3 Å². The summed E-state index contributed by atoms with van der Waals surface area (Å²) in [5, 5.41) is 0. The Morgan fingerprint density at radius 3 is 2.47 bits per heavy atom. The highest BCUT2D eigenvalue weighted by Crippen LogP contribution is 2.25. The largest absolute Gasteiger partial charge is 0.370 e. The fourth-order valence-electron chi connectivity index (χ4n) is 2.16. The maximum Gasteiger partial charge on any atom is 0.0400 e. The molecular weight excluding hydrogens is 302 g/mol. The van der Waals surface area contributed by atoms with Crippen LogP contribution in [0.25, 0.3) is 0 Å². The first kappa shape index (κ1) is 16.5. The van der Waals surface area contributed by atoms with Crippen molar-refractivity contribution in [1.82, 2.24) is 4.90 Å². The van der Waals surface area contributed by atoms with E-state index in [-0.39, 0.29) is 0 Å². The Kier molecular flexibility index (Phi) is 7.42. The Morgan fingerprint density at radius 1 is 1.16 bits per heavy atom. The lowest BCUT2D eigenvalue weighted by Crippen LogP contribution is -2.33. The van der Waals surface area contributed by atoms with Gasteiger partial charge in [0.25, 0.3) is 0 Å². The number of anilines is 1. The highest BCUT2D eigenvalue weighted by atomic mass is 79.9. The number of hydrogen-bond acceptors (Lipinski definition) is 3. The summed E-state index contributed by atoms with van der Waals surface area (Å²) in [5.74, 6) is 0. The van der Waals surface area contributed by atoms with Crippen molar-refractivity contribution < 1.29 is 0 Å². The van der Waals surface area contributed by atoms with Crippen molar-refractivity contribution in [3.05, 3.63) is 28.2 Å². The normalized spacial score (nSPS) is 11.1. The summed E-state index contributed by atoms with van der Waals surface area (Å²) in [5.41, 5.74) is 8.40. The number of nitrogens with two attached hydrogens (primary N) is 1. The average molecular weight is 328 g/mol. The third kappa shape index (κ3) is 5.51. The van der Waals surface area contributed by atoms with Gasteiger partial charge in [-0.1, -0.05) is 22.9 Å². The van der Waals surface area contributed by atoms with Crippen LogP contribution in [0.5, 0.6) is 0 Å². The van der Waals surface area contributed by atoms with Crippen LogP contribution in [-0.2, 0) is 6.42 Å². The maximum absolute atomic E-state index is 5.73. The van der Waals surface area contributed by atoms with Crippen LogP contribution in [0.1, 0.15) is 18.9 Å². The van der Waals surface area contributed by atoms with Crippen molar-refractivity contribution in [1.29, 1.82) is 0 Å². The molecule has 0 saturated carbocycles. The minimum Gasteiger partial charge on any atom is -0.370 e. The van der Waals surface area contributed by atoms with Gasteiger partial charge in [0.2, 0.25) is 0 Å². The molecule has 0 heterocycles. The predicted octanol–water partition coefficient (Wildman–Crippen LogP) is 2.73. The lowest BCUT2D eigenvalue weighted by atomic mass is 10.1. The summed E-state index contributed by atoms with van der Waals surface area (Å²) in [4.78, 5) is 4.70. The third-order valence-corrected chi connectivity index (χ3v) is 3.60. The van der Waals surface area contributed by atoms with Crippen molar-refractivity contribution in [3.63, 3.8) is 0 Å². The molecule has 108 valence electrons. The van der Waals surface area contributed by atoms with Gasteiger partial charge in [-0.05, 0) is 57.2 Å². The Hall–Kier alpha value is -0.580. The second-order valence-electron chi connectivity index (χ2n) is 5.10. The Morgan fingerprint density at radius 2 is 1.89 bits per heavy atom. The highest BCUT2D eigenvalue weighted by molar-refractivity contribution is 9.10. The van der Waals surface area contributed by atoms with Gasteiger partial charge < -0.3 is 15.5 Å². The average Bonchev–Trinajstić information content (AvgIpc) is 2.35. The summed E-state index contributed by atoms with van der Waals surface area (Å²) >= 11 is 3.55. The van der Waals surface area contributed by atoms with E-state index in [1.807, 2.05) is 0 Å². The van der Waals surface area contributed by atoms with Crippen LogP contribution in [0.4, 0.5) is 5.69 Å². The summed E-state index contributed by atoms with van der Waals surface area (Å²) in [7, 11) is 4.24. The number of benzene rings is 1. The van der Waals surface area contributed by atoms with E-state index in [4.69, 9.17) is 5.73 Å². The van der Waals surface area contributed by atoms with Crippen LogP contribution in [-0.4, -0.2) is 45.2 Å². The molecule has 1 aromatic rings. The SMILES string of the molecule is CCCN(CCN(C)C)c1ccc(Br)cc1CCN. The smallest absolute Gasteiger partial charge is 0.0400 e. The van der Waals surface area contributed by atoms with E-state index in [0.29, 0.717) is 6.54 Å². The molecule has 0 radical (unpaired) electrons. The summed E-state index contributed by atoms with van der Waals surface area (Å²) in [6.07, 6.45) is 2.09. The molecule has 4 heteroatoms. The molecule has 0 saturated heterocycles. The fourth-order valence-corrected chi connectivity index (χ4v) is 2.57. The minimum atomic E-state index is 0.692. The van der Waals surface area contributed by atoms with Crippen molar-refractivity contribution in [2.45, 2.75) is 19.8 Å². The summed E-state index contributed by atoms with van der Waals surface area (Å²) in [6, 6.07) is 6.52. The molecule has 0 amide bonds. The molecule has 0 aliphatic heterocycles.